The smallest absolute Gasteiger partial charge is 0.251 e. The molecule has 1 atom stereocenters. The van der Waals surface area contributed by atoms with Crippen LogP contribution >= 0.6 is 0 Å². The lowest BCUT2D eigenvalue weighted by atomic mass is 10.1. The Bertz CT molecular complexity index is 731. The number of benzene rings is 2. The van der Waals surface area contributed by atoms with E-state index in [1.54, 1.807) is 50.6 Å². The highest BCUT2D eigenvalue weighted by Crippen LogP contribution is 2.29. The van der Waals surface area contributed by atoms with Crippen molar-refractivity contribution in [1.82, 2.24) is 10.6 Å². The van der Waals surface area contributed by atoms with Crippen molar-refractivity contribution in [3.05, 3.63) is 59.7 Å². The number of ether oxygens (including phenoxy) is 2. The highest BCUT2D eigenvalue weighted by Gasteiger charge is 2.16. The molecular weight excluding hydrogens is 320 g/mol. The van der Waals surface area contributed by atoms with Gasteiger partial charge in [-0.3, -0.25) is 9.59 Å². The van der Waals surface area contributed by atoms with Gasteiger partial charge in [0.25, 0.3) is 5.91 Å². The third kappa shape index (κ3) is 4.97. The maximum Gasteiger partial charge on any atom is 0.251 e. The van der Waals surface area contributed by atoms with Gasteiger partial charge in [-0.2, -0.15) is 0 Å². The lowest BCUT2D eigenvalue weighted by Crippen LogP contribution is -2.38. The quantitative estimate of drug-likeness (QED) is 0.809. The minimum atomic E-state index is -0.300. The summed E-state index contributed by atoms with van der Waals surface area (Å²) in [5.74, 6) is 0.750. The summed E-state index contributed by atoms with van der Waals surface area (Å²) in [5, 5.41) is 5.44. The maximum absolute atomic E-state index is 12.1. The molecule has 0 aliphatic rings. The van der Waals surface area contributed by atoms with Crippen LogP contribution in [0.4, 0.5) is 0 Å². The Morgan fingerprint density at radius 2 is 1.76 bits per heavy atom. The van der Waals surface area contributed by atoms with Gasteiger partial charge in [0.05, 0.1) is 26.8 Å². The summed E-state index contributed by atoms with van der Waals surface area (Å²) in [5.41, 5.74) is 1.31. The summed E-state index contributed by atoms with van der Waals surface area (Å²) in [4.78, 5) is 24.1. The molecule has 0 aromatic heterocycles. The zero-order chi connectivity index (χ0) is 18.2. The van der Waals surface area contributed by atoms with Crippen LogP contribution < -0.4 is 20.1 Å². The zero-order valence-electron chi connectivity index (χ0n) is 14.5. The summed E-state index contributed by atoms with van der Waals surface area (Å²) in [7, 11) is 3.15. The van der Waals surface area contributed by atoms with Crippen molar-refractivity contribution in [2.24, 2.45) is 0 Å². The normalized spacial score (nSPS) is 11.3. The Balaban J connectivity index is 1.95. The second-order valence-corrected chi connectivity index (χ2v) is 5.45. The molecule has 0 radical (unpaired) electrons. The zero-order valence-corrected chi connectivity index (χ0v) is 14.5. The predicted octanol–water partition coefficient (Wildman–Crippen LogP) is 2.31. The Morgan fingerprint density at radius 1 is 1.04 bits per heavy atom. The fourth-order valence-corrected chi connectivity index (χ4v) is 2.40. The fraction of sp³-hybridized carbons (Fsp3) is 0.263. The van der Waals surface area contributed by atoms with Gasteiger partial charge in [0.2, 0.25) is 5.91 Å². The third-order valence-corrected chi connectivity index (χ3v) is 3.73. The number of carbonyl (C=O) groups is 2. The van der Waals surface area contributed by atoms with Crippen molar-refractivity contribution in [2.45, 2.75) is 13.0 Å². The summed E-state index contributed by atoms with van der Waals surface area (Å²) in [6.45, 7) is 1.73. The van der Waals surface area contributed by atoms with E-state index in [9.17, 15) is 9.59 Å². The van der Waals surface area contributed by atoms with Gasteiger partial charge in [-0.25, -0.2) is 0 Å². The van der Waals surface area contributed by atoms with Gasteiger partial charge in [-0.1, -0.05) is 18.2 Å². The van der Waals surface area contributed by atoms with E-state index in [0.29, 0.717) is 17.1 Å². The molecule has 0 aliphatic carbocycles. The second kappa shape index (κ2) is 8.73. The van der Waals surface area contributed by atoms with E-state index in [4.69, 9.17) is 9.47 Å². The van der Waals surface area contributed by atoms with E-state index in [-0.39, 0.29) is 24.4 Å². The van der Waals surface area contributed by atoms with Crippen LogP contribution in [0, 0.1) is 0 Å². The largest absolute Gasteiger partial charge is 0.497 e. The average molecular weight is 342 g/mol. The van der Waals surface area contributed by atoms with Gasteiger partial charge in [-0.05, 0) is 37.3 Å². The number of methoxy groups -OCH3 is 2. The SMILES string of the molecule is COc1ccc(OC)c([C@H](C)NC(=O)CNC(=O)c2ccccc2)c1. The van der Waals surface area contributed by atoms with Crippen molar-refractivity contribution >= 4 is 11.8 Å². The van der Waals surface area contributed by atoms with Crippen LogP contribution in [-0.4, -0.2) is 32.6 Å². The highest BCUT2D eigenvalue weighted by molar-refractivity contribution is 5.96. The first kappa shape index (κ1) is 18.3. The van der Waals surface area contributed by atoms with E-state index >= 15 is 0 Å². The van der Waals surface area contributed by atoms with Crippen LogP contribution in [0.5, 0.6) is 11.5 Å². The summed E-state index contributed by atoms with van der Waals surface area (Å²) < 4.78 is 10.5. The van der Waals surface area contributed by atoms with Crippen LogP contribution in [-0.2, 0) is 4.79 Å². The standard InChI is InChI=1S/C19H22N2O4/c1-13(16-11-15(24-2)9-10-17(16)25-3)21-18(22)12-20-19(23)14-7-5-4-6-8-14/h4-11,13H,12H2,1-3H3,(H,20,23)(H,21,22)/t13-/m0/s1. The molecule has 0 spiro atoms. The molecule has 2 aromatic carbocycles. The first-order chi connectivity index (χ1) is 12.0. The minimum absolute atomic E-state index is 0.107. The molecule has 6 nitrogen and oxygen atoms in total. The number of amides is 2. The Kier molecular flexibility index (Phi) is 6.39. The van der Waals surface area contributed by atoms with Gasteiger partial charge in [0, 0.05) is 11.1 Å². The van der Waals surface area contributed by atoms with Gasteiger partial charge in [0.1, 0.15) is 11.5 Å². The van der Waals surface area contributed by atoms with Crippen LogP contribution in [0.15, 0.2) is 48.5 Å². The number of nitrogens with one attached hydrogen (secondary N) is 2. The first-order valence-corrected chi connectivity index (χ1v) is 7.89. The van der Waals surface area contributed by atoms with Crippen LogP contribution in [0.3, 0.4) is 0 Å². The molecule has 25 heavy (non-hydrogen) atoms. The molecule has 2 aromatic rings. The molecule has 2 amide bonds. The molecule has 2 N–H and O–H groups in total. The molecule has 0 fully saturated rings. The van der Waals surface area contributed by atoms with E-state index in [1.165, 1.54) is 0 Å². The van der Waals surface area contributed by atoms with Crippen LogP contribution in [0.1, 0.15) is 28.9 Å². The van der Waals surface area contributed by atoms with Crippen molar-refractivity contribution in [1.29, 1.82) is 0 Å². The van der Waals surface area contributed by atoms with E-state index < -0.39 is 0 Å². The number of hydrogen-bond acceptors (Lipinski definition) is 4. The number of carbonyl (C=O) groups excluding carboxylic acids is 2. The lowest BCUT2D eigenvalue weighted by molar-refractivity contribution is -0.120. The molecule has 0 saturated carbocycles. The fourth-order valence-electron chi connectivity index (χ4n) is 2.40. The van der Waals surface area contributed by atoms with Crippen molar-refractivity contribution in [2.75, 3.05) is 20.8 Å². The Hall–Kier alpha value is -3.02. The maximum atomic E-state index is 12.1. The van der Waals surface area contributed by atoms with Crippen molar-refractivity contribution in [3.63, 3.8) is 0 Å². The number of hydrogen-bond donors (Lipinski definition) is 2. The molecule has 0 heterocycles. The highest BCUT2D eigenvalue weighted by atomic mass is 16.5. The number of rotatable bonds is 7. The molecule has 6 heteroatoms. The molecule has 0 aliphatic heterocycles. The van der Waals surface area contributed by atoms with Crippen LogP contribution in [0.2, 0.25) is 0 Å². The lowest BCUT2D eigenvalue weighted by Gasteiger charge is -2.18. The minimum Gasteiger partial charge on any atom is -0.497 e. The molecule has 0 unspecified atom stereocenters. The molecule has 2 rings (SSSR count). The Labute approximate surface area is 147 Å². The van der Waals surface area contributed by atoms with Gasteiger partial charge in [-0.15, -0.1) is 0 Å². The Morgan fingerprint density at radius 3 is 2.40 bits per heavy atom. The first-order valence-electron chi connectivity index (χ1n) is 7.89. The van der Waals surface area contributed by atoms with Crippen molar-refractivity contribution in [3.8, 4) is 11.5 Å². The monoisotopic (exact) mass is 342 g/mol. The summed E-state index contributed by atoms with van der Waals surface area (Å²) in [6.07, 6.45) is 0. The molecule has 132 valence electrons. The third-order valence-electron chi connectivity index (χ3n) is 3.73. The summed E-state index contributed by atoms with van der Waals surface area (Å²) >= 11 is 0. The van der Waals surface area contributed by atoms with Gasteiger partial charge < -0.3 is 20.1 Å². The van der Waals surface area contributed by atoms with Crippen LogP contribution in [0.25, 0.3) is 0 Å². The van der Waals surface area contributed by atoms with Crippen molar-refractivity contribution < 1.29 is 19.1 Å². The van der Waals surface area contributed by atoms with E-state index in [0.717, 1.165) is 5.56 Å². The van der Waals surface area contributed by atoms with E-state index in [2.05, 4.69) is 10.6 Å². The topological polar surface area (TPSA) is 76.7 Å². The predicted molar refractivity (Wildman–Crippen MR) is 94.9 cm³/mol. The molecule has 0 saturated heterocycles. The van der Waals surface area contributed by atoms with E-state index in [1.807, 2.05) is 19.1 Å². The average Bonchev–Trinajstić information content (AvgIpc) is 2.66. The molecular formula is C19H22N2O4. The second-order valence-electron chi connectivity index (χ2n) is 5.45. The molecule has 0 bridgehead atoms. The van der Waals surface area contributed by atoms with Gasteiger partial charge in [0.15, 0.2) is 0 Å². The summed E-state index contributed by atoms with van der Waals surface area (Å²) in [6, 6.07) is 13.8. The van der Waals surface area contributed by atoms with Gasteiger partial charge >= 0.3 is 0 Å².